The maximum Gasteiger partial charge on any atom is 0.321 e. The predicted molar refractivity (Wildman–Crippen MR) is 157 cm³/mol. The molecule has 18 nitrogen and oxygen atoms in total. The Labute approximate surface area is 263 Å². The number of rotatable bonds is 23. The highest BCUT2D eigenvalue weighted by atomic mass is 16.4. The fraction of sp³-hybridized carbons (Fsp3) is 0.500. The molecule has 1 aromatic carbocycles. The molecule has 0 aliphatic rings. The summed E-state index contributed by atoms with van der Waals surface area (Å²) >= 11 is 0. The Hall–Kier alpha value is -4.94. The lowest BCUT2D eigenvalue weighted by Gasteiger charge is -2.25. The van der Waals surface area contributed by atoms with Gasteiger partial charge < -0.3 is 46.1 Å². The highest BCUT2D eigenvalue weighted by molar-refractivity contribution is 5.99. The van der Waals surface area contributed by atoms with Gasteiger partial charge in [0.2, 0.25) is 0 Å². The van der Waals surface area contributed by atoms with Gasteiger partial charge in [-0.25, -0.2) is 0 Å². The van der Waals surface area contributed by atoms with Crippen LogP contribution in [-0.4, -0.2) is 140 Å². The van der Waals surface area contributed by atoms with Crippen molar-refractivity contribution >= 4 is 48.4 Å². The van der Waals surface area contributed by atoms with Crippen molar-refractivity contribution in [3.05, 3.63) is 35.4 Å². The number of nitrogens with zero attached hydrogens (tertiary/aromatic N) is 2. The maximum atomic E-state index is 12.6. The fourth-order valence-electron chi connectivity index (χ4n) is 4.32. The van der Waals surface area contributed by atoms with Crippen molar-refractivity contribution in [1.29, 1.82) is 0 Å². The molecule has 0 radical (unpaired) electrons. The van der Waals surface area contributed by atoms with Crippen LogP contribution < -0.4 is 10.6 Å². The number of amides is 2. The second kappa shape index (κ2) is 22.6. The lowest BCUT2D eigenvalue weighted by molar-refractivity contribution is -0.151. The Kier molecular flexibility index (Phi) is 20.1. The van der Waals surface area contributed by atoms with E-state index in [9.17, 15) is 48.9 Å². The van der Waals surface area contributed by atoms with Gasteiger partial charge in [0.05, 0.1) is 26.4 Å². The van der Waals surface area contributed by atoms with Crippen LogP contribution in [0.25, 0.3) is 0 Å². The average molecular weight is 657 g/mol. The first-order chi connectivity index (χ1) is 21.8. The summed E-state index contributed by atoms with van der Waals surface area (Å²) < 4.78 is 0. The standard InChI is InChI=1S/C27H38N4O13.CH2O/c32-16-31(15-23(37)38)20(27(43)44)9-2-4-11-29-25(40)18-7-5-6-17(12-18)24(39)28-10-3-1-8-19(26(41)42)30(13-21(33)34)14-22(35)36;1-2/h5-7,12,19-20,32H,1-4,8-11,13-16H2,(H,28,39)(H,29,40)(H,33,34)(H,35,36)(H,37,38)(H,41,42)(H,43,44);1H2/t19-,20-;/m0./s1. The number of nitrogens with one attached hydrogen (secondary N) is 2. The molecular formula is C28H40N4O14. The maximum absolute atomic E-state index is 12.6. The third kappa shape index (κ3) is 16.2. The number of hydrogen-bond donors (Lipinski definition) is 8. The van der Waals surface area contributed by atoms with Crippen LogP contribution >= 0.6 is 0 Å². The molecule has 1 aromatic rings. The number of aliphatic carboxylic acids is 5. The van der Waals surface area contributed by atoms with Gasteiger partial charge in [-0.15, -0.1) is 0 Å². The molecular weight excluding hydrogens is 616 g/mol. The summed E-state index contributed by atoms with van der Waals surface area (Å²) in [6, 6.07) is 3.31. The topological polar surface area (TPSA) is 288 Å². The van der Waals surface area contributed by atoms with Crippen molar-refractivity contribution in [2.45, 2.75) is 50.6 Å². The van der Waals surface area contributed by atoms with Gasteiger partial charge in [0.25, 0.3) is 11.8 Å². The molecule has 2 amide bonds. The van der Waals surface area contributed by atoms with Crippen molar-refractivity contribution in [2.24, 2.45) is 0 Å². The molecule has 256 valence electrons. The summed E-state index contributed by atoms with van der Waals surface area (Å²) in [5, 5.41) is 60.2. The highest BCUT2D eigenvalue weighted by Crippen LogP contribution is 2.12. The van der Waals surface area contributed by atoms with Crippen molar-refractivity contribution in [3.8, 4) is 0 Å². The van der Waals surface area contributed by atoms with E-state index in [1.807, 2.05) is 6.79 Å². The van der Waals surface area contributed by atoms with Crippen LogP contribution in [-0.2, 0) is 28.8 Å². The number of aliphatic hydroxyl groups excluding tert-OH is 1. The smallest absolute Gasteiger partial charge is 0.321 e. The van der Waals surface area contributed by atoms with E-state index in [1.54, 1.807) is 0 Å². The van der Waals surface area contributed by atoms with Gasteiger partial charge in [-0.2, -0.15) is 0 Å². The van der Waals surface area contributed by atoms with Crippen LogP contribution in [0.4, 0.5) is 0 Å². The quantitative estimate of drug-likeness (QED) is 0.0518. The summed E-state index contributed by atoms with van der Waals surface area (Å²) in [6.07, 6.45) is 1.27. The van der Waals surface area contributed by atoms with Crippen LogP contribution in [0, 0.1) is 0 Å². The van der Waals surface area contributed by atoms with Crippen LogP contribution in [0.2, 0.25) is 0 Å². The van der Waals surface area contributed by atoms with Crippen LogP contribution in [0.5, 0.6) is 0 Å². The molecule has 0 bridgehead atoms. The molecule has 46 heavy (non-hydrogen) atoms. The van der Waals surface area contributed by atoms with Gasteiger partial charge in [0.1, 0.15) is 18.9 Å². The van der Waals surface area contributed by atoms with E-state index in [1.165, 1.54) is 24.3 Å². The largest absolute Gasteiger partial charge is 0.480 e. The molecule has 0 aliphatic heterocycles. The first-order valence-electron chi connectivity index (χ1n) is 13.9. The second-order valence-corrected chi connectivity index (χ2v) is 9.77. The zero-order valence-corrected chi connectivity index (χ0v) is 25.0. The molecule has 0 aliphatic carbocycles. The number of hydrogen-bond acceptors (Lipinski definition) is 11. The van der Waals surface area contributed by atoms with E-state index in [0.717, 1.165) is 9.80 Å². The zero-order valence-electron chi connectivity index (χ0n) is 25.0. The molecule has 2 atom stereocenters. The number of benzene rings is 1. The van der Waals surface area contributed by atoms with Crippen LogP contribution in [0.3, 0.4) is 0 Å². The van der Waals surface area contributed by atoms with E-state index >= 15 is 0 Å². The van der Waals surface area contributed by atoms with Crippen LogP contribution in [0.15, 0.2) is 24.3 Å². The molecule has 0 heterocycles. The second-order valence-electron chi connectivity index (χ2n) is 9.77. The molecule has 8 N–H and O–H groups in total. The van der Waals surface area contributed by atoms with E-state index in [-0.39, 0.29) is 43.5 Å². The van der Waals surface area contributed by atoms with Gasteiger partial charge in [-0.3, -0.25) is 43.4 Å². The van der Waals surface area contributed by atoms with E-state index < -0.39 is 80.1 Å². The van der Waals surface area contributed by atoms with Gasteiger partial charge >= 0.3 is 29.8 Å². The van der Waals surface area contributed by atoms with E-state index in [0.29, 0.717) is 19.3 Å². The first kappa shape index (κ1) is 41.1. The van der Waals surface area contributed by atoms with Gasteiger partial charge in [0.15, 0.2) is 0 Å². The first-order valence-corrected chi connectivity index (χ1v) is 13.9. The molecule has 0 saturated carbocycles. The average Bonchev–Trinajstić information content (AvgIpc) is 2.99. The minimum Gasteiger partial charge on any atom is -0.480 e. The van der Waals surface area contributed by atoms with E-state index in [4.69, 9.17) is 20.1 Å². The van der Waals surface area contributed by atoms with Crippen molar-refractivity contribution in [2.75, 3.05) is 39.5 Å². The van der Waals surface area contributed by atoms with Crippen molar-refractivity contribution in [3.63, 3.8) is 0 Å². The molecule has 0 aromatic heterocycles. The van der Waals surface area contributed by atoms with Crippen LogP contribution in [0.1, 0.15) is 59.2 Å². The fourth-order valence-corrected chi connectivity index (χ4v) is 4.32. The Morgan fingerprint density at radius 1 is 0.630 bits per heavy atom. The predicted octanol–water partition coefficient (Wildman–Crippen LogP) is -0.984. The van der Waals surface area contributed by atoms with Gasteiger partial charge in [-0.05, 0) is 56.7 Å². The highest BCUT2D eigenvalue weighted by Gasteiger charge is 2.29. The summed E-state index contributed by atoms with van der Waals surface area (Å²) in [6.45, 7) is -0.581. The number of aliphatic hydroxyl groups is 1. The molecule has 0 saturated heterocycles. The minimum atomic E-state index is -1.37. The lowest BCUT2D eigenvalue weighted by Crippen LogP contribution is -2.46. The SMILES string of the molecule is C=O.O=C(O)CN(CO)[C@@H](CCCCNC(=O)c1cccc(C(=O)NCCCC[C@@H](C(=O)O)N(CC(=O)O)CC(=O)O)c1)C(=O)O. The number of carbonyl (C=O) groups is 8. The number of carboxylic acids is 5. The molecule has 0 fully saturated rings. The summed E-state index contributed by atoms with van der Waals surface area (Å²) in [5.41, 5.74) is 0.372. The Morgan fingerprint density at radius 2 is 1.00 bits per heavy atom. The normalized spacial score (nSPS) is 11.9. The summed E-state index contributed by atoms with van der Waals surface area (Å²) in [5.74, 6) is -7.63. The number of carbonyl (C=O) groups excluding carboxylic acids is 3. The van der Waals surface area contributed by atoms with Gasteiger partial charge in [-0.1, -0.05) is 6.07 Å². The molecule has 0 spiro atoms. The van der Waals surface area contributed by atoms with E-state index in [2.05, 4.69) is 10.6 Å². The summed E-state index contributed by atoms with van der Waals surface area (Å²) in [7, 11) is 0. The number of carboxylic acid groups (broad SMARTS) is 5. The third-order valence-corrected chi connectivity index (χ3v) is 6.42. The Morgan fingerprint density at radius 3 is 1.35 bits per heavy atom. The molecule has 18 heteroatoms. The lowest BCUT2D eigenvalue weighted by atomic mass is 10.1. The minimum absolute atomic E-state index is 0.0413. The zero-order chi connectivity index (χ0) is 35.2. The Bertz CT molecular complexity index is 1180. The molecule has 1 rings (SSSR count). The number of unbranched alkanes of at least 4 members (excludes halogenated alkanes) is 2. The molecule has 0 unspecified atom stereocenters. The van der Waals surface area contributed by atoms with Gasteiger partial charge in [0, 0.05) is 24.2 Å². The summed E-state index contributed by atoms with van der Waals surface area (Å²) in [4.78, 5) is 90.8. The third-order valence-electron chi connectivity index (χ3n) is 6.42. The monoisotopic (exact) mass is 656 g/mol. The Balaban J connectivity index is 0.00000991. The van der Waals surface area contributed by atoms with Crippen molar-refractivity contribution < 1.29 is 69.0 Å². The van der Waals surface area contributed by atoms with Crippen molar-refractivity contribution in [1.82, 2.24) is 20.4 Å².